The van der Waals surface area contributed by atoms with Crippen molar-refractivity contribution in [2.24, 2.45) is 0 Å². The molecule has 3 rings (SSSR count). The Balaban J connectivity index is 1.94. The van der Waals surface area contributed by atoms with Crippen molar-refractivity contribution in [2.75, 3.05) is 10.0 Å². The summed E-state index contributed by atoms with van der Waals surface area (Å²) >= 11 is 0. The number of pyridine rings is 1. The molecule has 0 atom stereocenters. The van der Waals surface area contributed by atoms with Crippen LogP contribution in [0.1, 0.15) is 16.1 Å². The number of aromatic nitrogens is 1. The van der Waals surface area contributed by atoms with Crippen LogP contribution in [0.5, 0.6) is 0 Å². The number of anilines is 2. The van der Waals surface area contributed by atoms with Crippen LogP contribution < -0.4 is 10.0 Å². The lowest BCUT2D eigenvalue weighted by Gasteiger charge is -2.14. The van der Waals surface area contributed by atoms with Gasteiger partial charge < -0.3 is 5.32 Å². The van der Waals surface area contributed by atoms with E-state index in [0.29, 0.717) is 0 Å². The summed E-state index contributed by atoms with van der Waals surface area (Å²) in [5.41, 5.74) is -0.279. The van der Waals surface area contributed by atoms with E-state index in [2.05, 4.69) is 15.0 Å². The van der Waals surface area contributed by atoms with Gasteiger partial charge in [0.25, 0.3) is 21.6 Å². The maximum atomic E-state index is 13.8. The van der Waals surface area contributed by atoms with Gasteiger partial charge in [0, 0.05) is 23.9 Å². The van der Waals surface area contributed by atoms with E-state index < -0.39 is 26.7 Å². The van der Waals surface area contributed by atoms with Gasteiger partial charge in [0.05, 0.1) is 21.2 Å². The Bertz CT molecular complexity index is 1230. The second kappa shape index (κ2) is 8.25. The number of nitro groups is 1. The number of hydrogen-bond acceptors (Lipinski definition) is 6. The SMILES string of the molecule is Cc1ccc(S(=O)(=O)Nc2cc(F)ccc2NC(=O)c2ccccn2)cc1[N+](=O)[O-]. The molecule has 0 bridgehead atoms. The first-order chi connectivity index (χ1) is 14.2. The number of amides is 1. The van der Waals surface area contributed by atoms with Gasteiger partial charge in [-0.1, -0.05) is 12.1 Å². The molecule has 11 heteroatoms. The highest BCUT2D eigenvalue weighted by Gasteiger charge is 2.22. The van der Waals surface area contributed by atoms with Gasteiger partial charge in [-0.25, -0.2) is 12.8 Å². The molecule has 0 fully saturated rings. The van der Waals surface area contributed by atoms with Crippen LogP contribution >= 0.6 is 0 Å². The van der Waals surface area contributed by atoms with Crippen LogP contribution in [0.2, 0.25) is 0 Å². The molecule has 2 N–H and O–H groups in total. The second-order valence-electron chi connectivity index (χ2n) is 6.17. The van der Waals surface area contributed by atoms with Crippen molar-refractivity contribution in [2.45, 2.75) is 11.8 Å². The number of nitrogens with zero attached hydrogens (tertiary/aromatic N) is 2. The van der Waals surface area contributed by atoms with Crippen molar-refractivity contribution < 1.29 is 22.5 Å². The van der Waals surface area contributed by atoms with E-state index in [4.69, 9.17) is 0 Å². The summed E-state index contributed by atoms with van der Waals surface area (Å²) in [5, 5.41) is 13.6. The molecule has 0 saturated heterocycles. The second-order valence-corrected chi connectivity index (χ2v) is 7.85. The molecular weight excluding hydrogens is 415 g/mol. The van der Waals surface area contributed by atoms with Crippen LogP contribution in [-0.2, 0) is 10.0 Å². The molecule has 9 nitrogen and oxygen atoms in total. The van der Waals surface area contributed by atoms with E-state index >= 15 is 0 Å². The van der Waals surface area contributed by atoms with Crippen LogP contribution in [0.3, 0.4) is 0 Å². The summed E-state index contributed by atoms with van der Waals surface area (Å²) in [6.07, 6.45) is 1.41. The molecule has 0 unspecified atom stereocenters. The number of hydrogen-bond donors (Lipinski definition) is 2. The van der Waals surface area contributed by atoms with Gasteiger partial charge in [0.15, 0.2) is 0 Å². The Morgan fingerprint density at radius 3 is 2.53 bits per heavy atom. The summed E-state index contributed by atoms with van der Waals surface area (Å²) in [5.74, 6) is -1.38. The van der Waals surface area contributed by atoms with E-state index in [-0.39, 0.29) is 33.2 Å². The lowest BCUT2D eigenvalue weighted by atomic mass is 10.2. The van der Waals surface area contributed by atoms with Crippen LogP contribution in [0.25, 0.3) is 0 Å². The minimum absolute atomic E-state index is 0.0164. The van der Waals surface area contributed by atoms with Crippen LogP contribution in [0, 0.1) is 22.9 Å². The molecule has 1 heterocycles. The first kappa shape index (κ1) is 20.9. The third kappa shape index (κ3) is 4.58. The summed E-state index contributed by atoms with van der Waals surface area (Å²) in [7, 11) is -4.31. The minimum Gasteiger partial charge on any atom is -0.319 e. The number of aryl methyl sites for hydroxylation is 1. The van der Waals surface area contributed by atoms with Gasteiger partial charge in [0.2, 0.25) is 0 Å². The zero-order valence-electron chi connectivity index (χ0n) is 15.5. The molecule has 0 aliphatic carbocycles. The Hall–Kier alpha value is -3.86. The van der Waals surface area contributed by atoms with Crippen molar-refractivity contribution >= 4 is 33.0 Å². The van der Waals surface area contributed by atoms with E-state index in [1.165, 1.54) is 37.4 Å². The highest BCUT2D eigenvalue weighted by atomic mass is 32.2. The first-order valence-electron chi connectivity index (χ1n) is 8.47. The Morgan fingerprint density at radius 2 is 1.87 bits per heavy atom. The average molecular weight is 430 g/mol. The van der Waals surface area contributed by atoms with Crippen LogP contribution in [-0.4, -0.2) is 24.2 Å². The molecular formula is C19H15FN4O5S. The highest BCUT2D eigenvalue weighted by molar-refractivity contribution is 7.92. The van der Waals surface area contributed by atoms with Crippen LogP contribution in [0.15, 0.2) is 65.7 Å². The summed E-state index contributed by atoms with van der Waals surface area (Å²) in [4.78, 5) is 26.2. The predicted molar refractivity (Wildman–Crippen MR) is 107 cm³/mol. The van der Waals surface area contributed by atoms with E-state index in [9.17, 15) is 27.7 Å². The van der Waals surface area contributed by atoms with Gasteiger partial charge in [-0.15, -0.1) is 0 Å². The fourth-order valence-electron chi connectivity index (χ4n) is 2.55. The number of sulfonamides is 1. The minimum atomic E-state index is -4.31. The standard InChI is InChI=1S/C19H15FN4O5S/c1-12-5-7-14(11-18(12)24(26)27)30(28,29)23-17-10-13(20)6-8-15(17)22-19(25)16-4-2-3-9-21-16/h2-11,23H,1H3,(H,22,25). The molecule has 1 aromatic heterocycles. The molecule has 0 spiro atoms. The number of carbonyl (C=O) groups is 1. The molecule has 0 radical (unpaired) electrons. The number of nitrogens with one attached hydrogen (secondary N) is 2. The monoisotopic (exact) mass is 430 g/mol. The summed E-state index contributed by atoms with van der Waals surface area (Å²) in [6, 6.07) is 11.2. The van der Waals surface area contributed by atoms with Crippen molar-refractivity contribution in [1.29, 1.82) is 0 Å². The Kier molecular flexibility index (Phi) is 5.74. The maximum Gasteiger partial charge on any atom is 0.274 e. The third-order valence-corrected chi connectivity index (χ3v) is 5.42. The van der Waals surface area contributed by atoms with Gasteiger partial charge in [-0.3, -0.25) is 24.6 Å². The zero-order valence-corrected chi connectivity index (χ0v) is 16.3. The Morgan fingerprint density at radius 1 is 1.10 bits per heavy atom. The number of halogens is 1. The lowest BCUT2D eigenvalue weighted by Crippen LogP contribution is -2.18. The molecule has 154 valence electrons. The Labute approximate surface area is 170 Å². The van der Waals surface area contributed by atoms with Crippen molar-refractivity contribution in [3.05, 3.63) is 88.0 Å². The number of rotatable bonds is 6. The number of carbonyl (C=O) groups excluding carboxylic acids is 1. The normalized spacial score (nSPS) is 11.0. The fraction of sp³-hybridized carbons (Fsp3) is 0.0526. The molecule has 30 heavy (non-hydrogen) atoms. The molecule has 1 amide bonds. The zero-order chi connectivity index (χ0) is 21.9. The maximum absolute atomic E-state index is 13.8. The highest BCUT2D eigenvalue weighted by Crippen LogP contribution is 2.28. The van der Waals surface area contributed by atoms with E-state index in [0.717, 1.165) is 18.2 Å². The summed E-state index contributed by atoms with van der Waals surface area (Å²) < 4.78 is 41.4. The third-order valence-electron chi connectivity index (χ3n) is 4.06. The molecule has 2 aromatic carbocycles. The first-order valence-corrected chi connectivity index (χ1v) is 9.95. The lowest BCUT2D eigenvalue weighted by molar-refractivity contribution is -0.385. The van der Waals surface area contributed by atoms with E-state index in [1.807, 2.05) is 0 Å². The predicted octanol–water partition coefficient (Wildman–Crippen LogP) is 3.49. The molecule has 3 aromatic rings. The smallest absolute Gasteiger partial charge is 0.274 e. The molecule has 0 aliphatic heterocycles. The number of benzene rings is 2. The topological polar surface area (TPSA) is 131 Å². The quantitative estimate of drug-likeness (QED) is 0.455. The molecule has 0 aliphatic rings. The fourth-order valence-corrected chi connectivity index (χ4v) is 3.64. The molecule has 0 saturated carbocycles. The van der Waals surface area contributed by atoms with Crippen LogP contribution in [0.4, 0.5) is 21.5 Å². The van der Waals surface area contributed by atoms with Gasteiger partial charge in [-0.2, -0.15) is 0 Å². The average Bonchev–Trinajstić information content (AvgIpc) is 2.70. The largest absolute Gasteiger partial charge is 0.319 e. The summed E-state index contributed by atoms with van der Waals surface area (Å²) in [6.45, 7) is 1.47. The van der Waals surface area contributed by atoms with Crippen molar-refractivity contribution in [3.8, 4) is 0 Å². The van der Waals surface area contributed by atoms with Crippen molar-refractivity contribution in [1.82, 2.24) is 4.98 Å². The van der Waals surface area contributed by atoms with Crippen molar-refractivity contribution in [3.63, 3.8) is 0 Å². The number of nitro benzene ring substituents is 1. The van der Waals surface area contributed by atoms with Gasteiger partial charge in [0.1, 0.15) is 11.5 Å². The van der Waals surface area contributed by atoms with Gasteiger partial charge in [-0.05, 0) is 37.3 Å². The van der Waals surface area contributed by atoms with E-state index in [1.54, 1.807) is 12.1 Å². The van der Waals surface area contributed by atoms with Gasteiger partial charge >= 0.3 is 0 Å².